The van der Waals surface area contributed by atoms with E-state index in [1.165, 1.54) is 22.0 Å². The average Bonchev–Trinajstić information content (AvgIpc) is 3.25. The Kier molecular flexibility index (Phi) is 5.61. The van der Waals surface area contributed by atoms with Gasteiger partial charge in [-0.1, -0.05) is 22.9 Å². The monoisotopic (exact) mass is 423 g/mol. The minimum atomic E-state index is -0.805. The molecule has 11 heteroatoms. The van der Waals surface area contributed by atoms with Gasteiger partial charge in [0.25, 0.3) is 0 Å². The van der Waals surface area contributed by atoms with E-state index < -0.39 is 22.7 Å². The SMILES string of the molecule is CCOC(=O)Cn1c(=NC(=O)c2ccc([N+](=O)[O-])o2)sc2ccc(Cl)c(C)c21. The zero-order valence-corrected chi connectivity index (χ0v) is 16.4. The Morgan fingerprint density at radius 3 is 2.75 bits per heavy atom. The van der Waals surface area contributed by atoms with Crippen LogP contribution >= 0.6 is 22.9 Å². The molecule has 3 aromatic rings. The van der Waals surface area contributed by atoms with Gasteiger partial charge in [-0.3, -0.25) is 19.7 Å². The number of esters is 1. The Morgan fingerprint density at radius 2 is 2.11 bits per heavy atom. The van der Waals surface area contributed by atoms with E-state index in [0.29, 0.717) is 10.5 Å². The third-order valence-corrected chi connectivity index (χ3v) is 5.26. The molecule has 0 spiro atoms. The molecule has 0 bridgehead atoms. The Bertz CT molecular complexity index is 1160. The predicted molar refractivity (Wildman–Crippen MR) is 101 cm³/mol. The van der Waals surface area contributed by atoms with Crippen molar-refractivity contribution in [1.29, 1.82) is 0 Å². The minimum absolute atomic E-state index is 0.167. The first kappa shape index (κ1) is 19.8. The first-order chi connectivity index (χ1) is 13.3. The van der Waals surface area contributed by atoms with Crippen LogP contribution in [0.25, 0.3) is 10.2 Å². The molecular formula is C17H14ClN3O6S. The average molecular weight is 424 g/mol. The van der Waals surface area contributed by atoms with Crippen LogP contribution in [0.5, 0.6) is 0 Å². The van der Waals surface area contributed by atoms with Crippen LogP contribution in [0.2, 0.25) is 5.02 Å². The Balaban J connectivity index is 2.14. The van der Waals surface area contributed by atoms with Crippen molar-refractivity contribution < 1.29 is 23.7 Å². The summed E-state index contributed by atoms with van der Waals surface area (Å²) < 4.78 is 12.2. The van der Waals surface area contributed by atoms with Crippen LogP contribution in [0.15, 0.2) is 33.7 Å². The van der Waals surface area contributed by atoms with E-state index in [9.17, 15) is 19.7 Å². The number of benzene rings is 1. The van der Waals surface area contributed by atoms with Crippen molar-refractivity contribution in [3.63, 3.8) is 0 Å². The number of nitro groups is 1. The third-order valence-electron chi connectivity index (χ3n) is 3.80. The number of carbonyl (C=O) groups excluding carboxylic acids is 2. The summed E-state index contributed by atoms with van der Waals surface area (Å²) in [6, 6.07) is 5.73. The van der Waals surface area contributed by atoms with E-state index in [1.54, 1.807) is 26.0 Å². The van der Waals surface area contributed by atoms with Crippen LogP contribution in [0, 0.1) is 17.0 Å². The second kappa shape index (κ2) is 7.95. The van der Waals surface area contributed by atoms with E-state index in [-0.39, 0.29) is 23.7 Å². The molecule has 9 nitrogen and oxygen atoms in total. The molecule has 0 radical (unpaired) electrons. The maximum Gasteiger partial charge on any atom is 0.433 e. The molecule has 0 aliphatic rings. The quantitative estimate of drug-likeness (QED) is 0.352. The van der Waals surface area contributed by atoms with Gasteiger partial charge in [0.05, 0.1) is 22.9 Å². The number of aryl methyl sites for hydroxylation is 1. The van der Waals surface area contributed by atoms with Gasteiger partial charge in [-0.2, -0.15) is 4.99 Å². The molecular weight excluding hydrogens is 410 g/mol. The molecule has 0 fully saturated rings. The van der Waals surface area contributed by atoms with Gasteiger partial charge in [0.2, 0.25) is 5.76 Å². The van der Waals surface area contributed by atoms with Crippen molar-refractivity contribution in [3.8, 4) is 0 Å². The summed E-state index contributed by atoms with van der Waals surface area (Å²) >= 11 is 7.38. The number of carbonyl (C=O) groups is 2. The van der Waals surface area contributed by atoms with Crippen molar-refractivity contribution in [3.05, 3.63) is 55.5 Å². The number of ether oxygens (including phenoxy) is 1. The fraction of sp³-hybridized carbons (Fsp3) is 0.235. The molecule has 0 saturated heterocycles. The molecule has 2 aromatic heterocycles. The van der Waals surface area contributed by atoms with Gasteiger partial charge >= 0.3 is 17.8 Å². The highest BCUT2D eigenvalue weighted by Gasteiger charge is 2.19. The molecule has 0 aliphatic carbocycles. The molecule has 0 unspecified atom stereocenters. The van der Waals surface area contributed by atoms with E-state index >= 15 is 0 Å². The summed E-state index contributed by atoms with van der Waals surface area (Å²) in [5, 5.41) is 11.2. The van der Waals surface area contributed by atoms with Crippen LogP contribution in [0.1, 0.15) is 23.0 Å². The zero-order chi connectivity index (χ0) is 20.4. The lowest BCUT2D eigenvalue weighted by atomic mass is 10.2. The van der Waals surface area contributed by atoms with Gasteiger partial charge in [-0.15, -0.1) is 0 Å². The summed E-state index contributed by atoms with van der Waals surface area (Å²) in [6.45, 7) is 3.53. The smallest absolute Gasteiger partial charge is 0.433 e. The summed E-state index contributed by atoms with van der Waals surface area (Å²) in [6.07, 6.45) is 0. The third kappa shape index (κ3) is 3.82. The molecule has 0 N–H and O–H groups in total. The summed E-state index contributed by atoms with van der Waals surface area (Å²) in [7, 11) is 0. The maximum absolute atomic E-state index is 12.4. The van der Waals surface area contributed by atoms with Gasteiger partial charge < -0.3 is 13.7 Å². The molecule has 2 heterocycles. The number of amides is 1. The molecule has 146 valence electrons. The summed E-state index contributed by atoms with van der Waals surface area (Å²) in [5.41, 5.74) is 1.38. The molecule has 0 saturated carbocycles. The molecule has 1 aromatic carbocycles. The molecule has 0 aliphatic heterocycles. The first-order valence-corrected chi connectivity index (χ1v) is 9.28. The minimum Gasteiger partial charge on any atom is -0.465 e. The predicted octanol–water partition coefficient (Wildman–Crippen LogP) is 3.47. The zero-order valence-electron chi connectivity index (χ0n) is 14.8. The number of nitrogens with zero attached hydrogens (tertiary/aromatic N) is 3. The fourth-order valence-corrected chi connectivity index (χ4v) is 3.81. The van der Waals surface area contributed by atoms with Crippen molar-refractivity contribution in [1.82, 2.24) is 4.57 Å². The van der Waals surface area contributed by atoms with Crippen molar-refractivity contribution in [2.45, 2.75) is 20.4 Å². The largest absolute Gasteiger partial charge is 0.465 e. The van der Waals surface area contributed by atoms with E-state index in [2.05, 4.69) is 4.99 Å². The van der Waals surface area contributed by atoms with Crippen molar-refractivity contribution >= 4 is 50.9 Å². The number of hydrogen-bond donors (Lipinski definition) is 0. The van der Waals surface area contributed by atoms with Crippen LogP contribution in [0.4, 0.5) is 5.88 Å². The topological polar surface area (TPSA) is 117 Å². The number of furan rings is 1. The second-order valence-corrected chi connectivity index (χ2v) is 7.02. The van der Waals surface area contributed by atoms with Crippen LogP contribution in [0.3, 0.4) is 0 Å². The normalized spacial score (nSPS) is 11.8. The Morgan fingerprint density at radius 1 is 1.36 bits per heavy atom. The number of rotatable bonds is 5. The highest BCUT2D eigenvalue weighted by atomic mass is 35.5. The lowest BCUT2D eigenvalue weighted by Gasteiger charge is -2.07. The van der Waals surface area contributed by atoms with Crippen molar-refractivity contribution in [2.75, 3.05) is 6.61 Å². The van der Waals surface area contributed by atoms with Crippen LogP contribution in [-0.4, -0.2) is 28.0 Å². The number of hydrogen-bond acceptors (Lipinski definition) is 7. The van der Waals surface area contributed by atoms with Gasteiger partial charge in [-0.05, 0) is 37.6 Å². The standard InChI is InChI=1S/C17H14ClN3O6S/c1-3-26-14(22)8-20-15-9(2)10(18)4-6-12(15)28-17(20)19-16(23)11-5-7-13(27-11)21(24)25/h4-7H,3,8H2,1-2H3. The Hall–Kier alpha value is -2.98. The highest BCUT2D eigenvalue weighted by molar-refractivity contribution is 7.16. The number of fused-ring (bicyclic) bond motifs is 1. The first-order valence-electron chi connectivity index (χ1n) is 8.09. The van der Waals surface area contributed by atoms with Crippen LogP contribution in [-0.2, 0) is 16.1 Å². The highest BCUT2D eigenvalue weighted by Crippen LogP contribution is 2.27. The number of thiazole rings is 1. The van der Waals surface area contributed by atoms with E-state index in [1.807, 2.05) is 0 Å². The fourth-order valence-electron chi connectivity index (χ4n) is 2.57. The number of aromatic nitrogens is 1. The van der Waals surface area contributed by atoms with Crippen molar-refractivity contribution in [2.24, 2.45) is 4.99 Å². The van der Waals surface area contributed by atoms with Gasteiger partial charge in [0, 0.05) is 5.02 Å². The summed E-state index contributed by atoms with van der Waals surface area (Å²) in [4.78, 5) is 38.6. The lowest BCUT2D eigenvalue weighted by Crippen LogP contribution is -2.23. The van der Waals surface area contributed by atoms with Gasteiger partial charge in [0.1, 0.15) is 11.5 Å². The summed E-state index contributed by atoms with van der Waals surface area (Å²) in [5.74, 6) is -2.14. The van der Waals surface area contributed by atoms with Gasteiger partial charge in [-0.25, -0.2) is 0 Å². The van der Waals surface area contributed by atoms with Gasteiger partial charge in [0.15, 0.2) is 4.80 Å². The van der Waals surface area contributed by atoms with E-state index in [4.69, 9.17) is 20.8 Å². The second-order valence-electron chi connectivity index (χ2n) is 5.61. The van der Waals surface area contributed by atoms with E-state index in [0.717, 1.165) is 16.3 Å². The Labute approximate surface area is 167 Å². The maximum atomic E-state index is 12.4. The molecule has 3 rings (SSSR count). The molecule has 1 amide bonds. The van der Waals surface area contributed by atoms with Crippen LogP contribution < -0.4 is 4.80 Å². The number of halogens is 1. The lowest BCUT2D eigenvalue weighted by molar-refractivity contribution is -0.402. The molecule has 28 heavy (non-hydrogen) atoms. The molecule has 0 atom stereocenters.